The number of anilines is 1. The van der Waals surface area contributed by atoms with Crippen LogP contribution in [0.1, 0.15) is 26.3 Å². The lowest BCUT2D eigenvalue weighted by Gasteiger charge is -2.25. The quantitative estimate of drug-likeness (QED) is 0.926. The van der Waals surface area contributed by atoms with Gasteiger partial charge in [-0.05, 0) is 55.3 Å². The molecule has 0 saturated heterocycles. The van der Waals surface area contributed by atoms with Crippen molar-refractivity contribution >= 4 is 21.7 Å². The molecule has 0 amide bonds. The number of pyridine rings is 1. The van der Waals surface area contributed by atoms with Crippen molar-refractivity contribution in [3.05, 3.63) is 22.3 Å². The molecule has 17 heavy (non-hydrogen) atoms. The highest BCUT2D eigenvalue weighted by Crippen LogP contribution is 2.25. The van der Waals surface area contributed by atoms with Gasteiger partial charge in [0, 0.05) is 31.9 Å². The number of aromatic nitrogens is 1. The molecule has 0 fully saturated rings. The van der Waals surface area contributed by atoms with Crippen LogP contribution in [0.4, 0.5) is 5.82 Å². The van der Waals surface area contributed by atoms with E-state index in [0.29, 0.717) is 0 Å². The summed E-state index contributed by atoms with van der Waals surface area (Å²) in [6.45, 7) is 10.5. The molecular formula is C13H22BrN3. The molecule has 0 aromatic carbocycles. The first-order chi connectivity index (χ1) is 7.81. The van der Waals surface area contributed by atoms with Crippen molar-refractivity contribution in [1.82, 2.24) is 10.3 Å². The van der Waals surface area contributed by atoms with Crippen molar-refractivity contribution in [3.63, 3.8) is 0 Å². The van der Waals surface area contributed by atoms with Crippen LogP contribution >= 0.6 is 15.9 Å². The third kappa shape index (κ3) is 4.64. The number of rotatable bonds is 4. The molecule has 0 aliphatic heterocycles. The van der Waals surface area contributed by atoms with Crippen LogP contribution in [0.5, 0.6) is 0 Å². The summed E-state index contributed by atoms with van der Waals surface area (Å²) in [5.41, 5.74) is 1.38. The monoisotopic (exact) mass is 299 g/mol. The highest BCUT2D eigenvalue weighted by atomic mass is 79.9. The van der Waals surface area contributed by atoms with Gasteiger partial charge in [-0.15, -0.1) is 0 Å². The molecule has 1 rings (SSSR count). The molecule has 0 bridgehead atoms. The Morgan fingerprint density at radius 2 is 2.06 bits per heavy atom. The molecule has 0 aliphatic rings. The first-order valence-electron chi connectivity index (χ1n) is 5.88. The van der Waals surface area contributed by atoms with Gasteiger partial charge in [0.05, 0.1) is 4.47 Å². The van der Waals surface area contributed by atoms with Crippen LogP contribution in [0, 0.1) is 6.92 Å². The van der Waals surface area contributed by atoms with Gasteiger partial charge >= 0.3 is 0 Å². The van der Waals surface area contributed by atoms with Gasteiger partial charge in [0.25, 0.3) is 0 Å². The molecule has 1 heterocycles. The molecule has 4 heteroatoms. The maximum absolute atomic E-state index is 4.41. The van der Waals surface area contributed by atoms with Crippen molar-refractivity contribution in [2.24, 2.45) is 0 Å². The van der Waals surface area contributed by atoms with Crippen LogP contribution in [-0.4, -0.2) is 30.7 Å². The average molecular weight is 300 g/mol. The number of nitrogens with zero attached hydrogens (tertiary/aromatic N) is 2. The molecule has 1 aromatic rings. The number of aryl methyl sites for hydroxylation is 1. The number of nitrogens with one attached hydrogen (secondary N) is 1. The zero-order valence-corrected chi connectivity index (χ0v) is 12.9. The van der Waals surface area contributed by atoms with Crippen LogP contribution < -0.4 is 10.2 Å². The number of hydrogen-bond donors (Lipinski definition) is 1. The SMILES string of the molecule is Cc1ccnc(N(C)CCNC(C)(C)C)c1Br. The summed E-state index contributed by atoms with van der Waals surface area (Å²) in [4.78, 5) is 6.57. The van der Waals surface area contributed by atoms with Crippen molar-refractivity contribution in [2.45, 2.75) is 33.2 Å². The normalized spacial score (nSPS) is 11.6. The molecule has 0 aliphatic carbocycles. The topological polar surface area (TPSA) is 28.2 Å². The summed E-state index contributed by atoms with van der Waals surface area (Å²) in [5.74, 6) is 1.00. The Morgan fingerprint density at radius 3 is 2.65 bits per heavy atom. The highest BCUT2D eigenvalue weighted by Gasteiger charge is 2.11. The first kappa shape index (κ1) is 14.5. The number of likely N-dealkylation sites (N-methyl/N-ethyl adjacent to an activating group) is 1. The van der Waals surface area contributed by atoms with Gasteiger partial charge < -0.3 is 10.2 Å². The zero-order valence-electron chi connectivity index (χ0n) is 11.3. The maximum Gasteiger partial charge on any atom is 0.142 e. The van der Waals surface area contributed by atoms with Gasteiger partial charge in [0.2, 0.25) is 0 Å². The van der Waals surface area contributed by atoms with Gasteiger partial charge in [-0.25, -0.2) is 4.98 Å². The standard InChI is InChI=1S/C13H22BrN3/c1-10-6-7-15-12(11(10)14)17(5)9-8-16-13(2,3)4/h6-7,16H,8-9H2,1-5H3. The first-order valence-corrected chi connectivity index (χ1v) is 6.68. The second-order valence-electron chi connectivity index (χ2n) is 5.36. The summed E-state index contributed by atoms with van der Waals surface area (Å²) in [6.07, 6.45) is 1.85. The second kappa shape index (κ2) is 5.83. The van der Waals surface area contributed by atoms with E-state index in [-0.39, 0.29) is 5.54 Å². The van der Waals surface area contributed by atoms with Crippen molar-refractivity contribution < 1.29 is 0 Å². The summed E-state index contributed by atoms with van der Waals surface area (Å²) in [5, 5.41) is 3.47. The average Bonchev–Trinajstić information content (AvgIpc) is 2.20. The van der Waals surface area contributed by atoms with E-state index in [2.05, 4.69) is 65.9 Å². The van der Waals surface area contributed by atoms with Gasteiger partial charge in [-0.1, -0.05) is 0 Å². The molecule has 1 N–H and O–H groups in total. The van der Waals surface area contributed by atoms with E-state index in [0.717, 1.165) is 23.4 Å². The molecule has 0 unspecified atom stereocenters. The molecule has 0 radical (unpaired) electrons. The zero-order chi connectivity index (χ0) is 13.1. The fraction of sp³-hybridized carbons (Fsp3) is 0.615. The Bertz CT molecular complexity index is 371. The Hall–Kier alpha value is -0.610. The van der Waals surface area contributed by atoms with Gasteiger partial charge in [0.1, 0.15) is 5.82 Å². The van der Waals surface area contributed by atoms with Gasteiger partial charge in [-0.3, -0.25) is 0 Å². The van der Waals surface area contributed by atoms with Crippen molar-refractivity contribution in [2.75, 3.05) is 25.0 Å². The minimum absolute atomic E-state index is 0.165. The highest BCUT2D eigenvalue weighted by molar-refractivity contribution is 9.10. The van der Waals surface area contributed by atoms with Gasteiger partial charge in [-0.2, -0.15) is 0 Å². The minimum Gasteiger partial charge on any atom is -0.357 e. The third-order valence-electron chi connectivity index (χ3n) is 2.53. The van der Waals surface area contributed by atoms with E-state index >= 15 is 0 Å². The molecule has 96 valence electrons. The van der Waals surface area contributed by atoms with E-state index in [1.807, 2.05) is 12.3 Å². The van der Waals surface area contributed by atoms with Crippen LogP contribution in [0.25, 0.3) is 0 Å². The molecular weight excluding hydrogens is 278 g/mol. The van der Waals surface area contributed by atoms with Gasteiger partial charge in [0.15, 0.2) is 0 Å². The van der Waals surface area contributed by atoms with Crippen LogP contribution in [0.3, 0.4) is 0 Å². The van der Waals surface area contributed by atoms with Crippen molar-refractivity contribution in [3.8, 4) is 0 Å². The second-order valence-corrected chi connectivity index (χ2v) is 6.16. The Balaban J connectivity index is 2.58. The molecule has 1 aromatic heterocycles. The molecule has 0 saturated carbocycles. The van der Waals surface area contributed by atoms with E-state index in [9.17, 15) is 0 Å². The summed E-state index contributed by atoms with van der Waals surface area (Å²) in [6, 6.07) is 2.01. The summed E-state index contributed by atoms with van der Waals surface area (Å²) < 4.78 is 1.08. The van der Waals surface area contributed by atoms with E-state index in [4.69, 9.17) is 0 Å². The molecule has 0 atom stereocenters. The fourth-order valence-electron chi connectivity index (χ4n) is 1.50. The lowest BCUT2D eigenvalue weighted by Crippen LogP contribution is -2.40. The van der Waals surface area contributed by atoms with E-state index in [1.165, 1.54) is 5.56 Å². The predicted octanol–water partition coefficient (Wildman–Crippen LogP) is 2.98. The minimum atomic E-state index is 0.165. The largest absolute Gasteiger partial charge is 0.357 e. The fourth-order valence-corrected chi connectivity index (χ4v) is 2.03. The van der Waals surface area contributed by atoms with E-state index < -0.39 is 0 Å². The van der Waals surface area contributed by atoms with E-state index in [1.54, 1.807) is 0 Å². The Morgan fingerprint density at radius 1 is 1.41 bits per heavy atom. The van der Waals surface area contributed by atoms with Crippen LogP contribution in [0.15, 0.2) is 16.7 Å². The predicted molar refractivity (Wildman–Crippen MR) is 77.7 cm³/mol. The third-order valence-corrected chi connectivity index (χ3v) is 3.51. The molecule has 3 nitrogen and oxygen atoms in total. The number of halogens is 1. The smallest absolute Gasteiger partial charge is 0.142 e. The summed E-state index contributed by atoms with van der Waals surface area (Å²) in [7, 11) is 2.07. The lowest BCUT2D eigenvalue weighted by atomic mass is 10.1. The van der Waals surface area contributed by atoms with Crippen LogP contribution in [0.2, 0.25) is 0 Å². The van der Waals surface area contributed by atoms with Crippen molar-refractivity contribution in [1.29, 1.82) is 0 Å². The molecule has 0 spiro atoms. The summed E-state index contributed by atoms with van der Waals surface area (Å²) >= 11 is 3.59. The number of hydrogen-bond acceptors (Lipinski definition) is 3. The van der Waals surface area contributed by atoms with Crippen LogP contribution in [-0.2, 0) is 0 Å². The maximum atomic E-state index is 4.41. The lowest BCUT2D eigenvalue weighted by molar-refractivity contribution is 0.430. The Kier molecular flexibility index (Phi) is 4.95. The Labute approximate surface area is 113 Å².